The molecule has 2 N–H and O–H groups in total. The first-order chi connectivity index (χ1) is 8.38. The molecule has 2 fully saturated rings. The van der Waals surface area contributed by atoms with E-state index in [4.69, 9.17) is 5.73 Å². The summed E-state index contributed by atoms with van der Waals surface area (Å²) in [5.41, 5.74) is 6.99. The number of likely N-dealkylation sites (tertiary alicyclic amines) is 1. The second-order valence-corrected chi connectivity index (χ2v) is 7.84. The minimum Gasteiger partial charge on any atom is -0.329 e. The minimum atomic E-state index is 0.325. The zero-order valence-electron chi connectivity index (χ0n) is 12.8. The fourth-order valence-electron chi connectivity index (χ4n) is 4.25. The highest BCUT2D eigenvalue weighted by Gasteiger charge is 2.46. The van der Waals surface area contributed by atoms with E-state index in [1.54, 1.807) is 0 Å². The number of hydrogen-bond acceptors (Lipinski definition) is 2. The summed E-state index contributed by atoms with van der Waals surface area (Å²) in [6.45, 7) is 13.0. The van der Waals surface area contributed by atoms with Crippen molar-refractivity contribution in [3.05, 3.63) is 0 Å². The van der Waals surface area contributed by atoms with E-state index in [-0.39, 0.29) is 0 Å². The van der Waals surface area contributed by atoms with Crippen LogP contribution in [0.2, 0.25) is 0 Å². The summed E-state index contributed by atoms with van der Waals surface area (Å²) in [4.78, 5) is 2.74. The van der Waals surface area contributed by atoms with Crippen LogP contribution in [0.25, 0.3) is 0 Å². The van der Waals surface area contributed by atoms with Gasteiger partial charge in [0.15, 0.2) is 0 Å². The van der Waals surface area contributed by atoms with Crippen molar-refractivity contribution in [1.29, 1.82) is 0 Å². The molecule has 1 aliphatic heterocycles. The van der Waals surface area contributed by atoms with Crippen LogP contribution in [0.3, 0.4) is 0 Å². The highest BCUT2D eigenvalue weighted by molar-refractivity contribution is 5.03. The van der Waals surface area contributed by atoms with Crippen LogP contribution in [-0.2, 0) is 0 Å². The molecule has 2 heteroatoms. The third-order valence-electron chi connectivity index (χ3n) is 5.61. The normalized spacial score (nSPS) is 34.3. The van der Waals surface area contributed by atoms with Crippen molar-refractivity contribution >= 4 is 0 Å². The van der Waals surface area contributed by atoms with Crippen LogP contribution in [-0.4, -0.2) is 30.1 Å². The van der Waals surface area contributed by atoms with Gasteiger partial charge in [-0.05, 0) is 62.4 Å². The van der Waals surface area contributed by atoms with Crippen LogP contribution in [0.4, 0.5) is 0 Å². The second kappa shape index (κ2) is 5.13. The lowest BCUT2D eigenvalue weighted by Crippen LogP contribution is -2.55. The second-order valence-electron chi connectivity index (χ2n) is 7.84. The summed E-state index contributed by atoms with van der Waals surface area (Å²) in [6, 6.07) is 0. The highest BCUT2D eigenvalue weighted by atomic mass is 15.2. The van der Waals surface area contributed by atoms with Crippen LogP contribution >= 0.6 is 0 Å². The van der Waals surface area contributed by atoms with Gasteiger partial charge in [0.25, 0.3) is 0 Å². The average molecular weight is 252 g/mol. The molecule has 1 saturated heterocycles. The number of nitrogens with two attached hydrogens (primary N) is 1. The van der Waals surface area contributed by atoms with Gasteiger partial charge in [-0.3, -0.25) is 4.90 Å². The Balaban J connectivity index is 1.99. The molecule has 1 aliphatic carbocycles. The smallest absolute Gasteiger partial charge is 0.0337 e. The van der Waals surface area contributed by atoms with E-state index in [9.17, 15) is 0 Å². The molecule has 18 heavy (non-hydrogen) atoms. The van der Waals surface area contributed by atoms with Gasteiger partial charge < -0.3 is 5.73 Å². The largest absolute Gasteiger partial charge is 0.329 e. The third-order valence-corrected chi connectivity index (χ3v) is 5.61. The van der Waals surface area contributed by atoms with Crippen LogP contribution in [0.15, 0.2) is 0 Å². The number of rotatable bonds is 3. The van der Waals surface area contributed by atoms with Crippen LogP contribution in [0.1, 0.15) is 59.8 Å². The van der Waals surface area contributed by atoms with Crippen LogP contribution < -0.4 is 5.73 Å². The molecular weight excluding hydrogens is 220 g/mol. The van der Waals surface area contributed by atoms with Gasteiger partial charge in [0.2, 0.25) is 0 Å². The molecule has 2 rings (SSSR count). The fourth-order valence-corrected chi connectivity index (χ4v) is 4.25. The first-order valence-corrected chi connectivity index (χ1v) is 7.84. The van der Waals surface area contributed by atoms with Gasteiger partial charge >= 0.3 is 0 Å². The van der Waals surface area contributed by atoms with E-state index in [0.29, 0.717) is 11.0 Å². The first kappa shape index (κ1) is 14.3. The van der Waals surface area contributed by atoms with E-state index in [1.165, 1.54) is 45.2 Å². The Morgan fingerprint density at radius 1 is 1.17 bits per heavy atom. The van der Waals surface area contributed by atoms with Gasteiger partial charge in [-0.15, -0.1) is 0 Å². The molecule has 1 heterocycles. The number of nitrogens with zero attached hydrogens (tertiary/aromatic N) is 1. The molecule has 106 valence electrons. The summed E-state index contributed by atoms with van der Waals surface area (Å²) in [7, 11) is 0. The Morgan fingerprint density at radius 3 is 2.17 bits per heavy atom. The van der Waals surface area contributed by atoms with Gasteiger partial charge in [0, 0.05) is 12.1 Å². The molecule has 1 atom stereocenters. The zero-order valence-corrected chi connectivity index (χ0v) is 12.8. The van der Waals surface area contributed by atoms with Crippen molar-refractivity contribution in [2.75, 3.05) is 19.6 Å². The Hall–Kier alpha value is -0.0800. The molecule has 1 unspecified atom stereocenters. The highest BCUT2D eigenvalue weighted by Crippen LogP contribution is 2.47. The average Bonchev–Trinajstić information content (AvgIpc) is 2.66. The molecule has 0 aromatic heterocycles. The Morgan fingerprint density at radius 2 is 1.78 bits per heavy atom. The summed E-state index contributed by atoms with van der Waals surface area (Å²) >= 11 is 0. The van der Waals surface area contributed by atoms with Crippen molar-refractivity contribution in [3.8, 4) is 0 Å². The van der Waals surface area contributed by atoms with Crippen molar-refractivity contribution in [3.63, 3.8) is 0 Å². The van der Waals surface area contributed by atoms with Crippen molar-refractivity contribution < 1.29 is 0 Å². The maximum absolute atomic E-state index is 6.17. The molecule has 0 spiro atoms. The molecule has 1 saturated carbocycles. The number of piperidine rings is 1. The van der Waals surface area contributed by atoms with E-state index >= 15 is 0 Å². The molecule has 0 aromatic rings. The van der Waals surface area contributed by atoms with Crippen LogP contribution in [0.5, 0.6) is 0 Å². The molecule has 2 aliphatic rings. The lowest BCUT2D eigenvalue weighted by atomic mass is 9.82. The van der Waals surface area contributed by atoms with E-state index in [1.807, 2.05) is 0 Å². The Kier molecular flexibility index (Phi) is 4.08. The molecular formula is C16H32N2. The van der Waals surface area contributed by atoms with Gasteiger partial charge in [-0.1, -0.05) is 27.7 Å². The van der Waals surface area contributed by atoms with Crippen molar-refractivity contribution in [1.82, 2.24) is 4.90 Å². The quantitative estimate of drug-likeness (QED) is 0.835. The lowest BCUT2D eigenvalue weighted by molar-refractivity contribution is 0.0431. The topological polar surface area (TPSA) is 29.3 Å². The SMILES string of the molecule is CC(C)C1CCN(C2(CN)CCC(C)(C)C2)CC1. The van der Waals surface area contributed by atoms with E-state index < -0.39 is 0 Å². The Labute approximate surface area is 113 Å². The zero-order chi connectivity index (χ0) is 13.4. The summed E-state index contributed by atoms with van der Waals surface area (Å²) < 4.78 is 0. The van der Waals surface area contributed by atoms with Crippen LogP contribution in [0, 0.1) is 17.3 Å². The van der Waals surface area contributed by atoms with E-state index in [2.05, 4.69) is 32.6 Å². The fraction of sp³-hybridized carbons (Fsp3) is 1.00. The number of hydrogen-bond donors (Lipinski definition) is 1. The first-order valence-electron chi connectivity index (χ1n) is 7.84. The molecule has 0 radical (unpaired) electrons. The predicted octanol–water partition coefficient (Wildman–Crippen LogP) is 3.26. The Bertz CT molecular complexity index is 277. The minimum absolute atomic E-state index is 0.325. The van der Waals surface area contributed by atoms with E-state index in [0.717, 1.165) is 18.4 Å². The summed E-state index contributed by atoms with van der Waals surface area (Å²) in [6.07, 6.45) is 6.69. The maximum atomic E-state index is 6.17. The molecule has 0 aromatic carbocycles. The summed E-state index contributed by atoms with van der Waals surface area (Å²) in [5.74, 6) is 1.78. The predicted molar refractivity (Wildman–Crippen MR) is 78.6 cm³/mol. The molecule has 0 amide bonds. The molecule has 0 bridgehead atoms. The van der Waals surface area contributed by atoms with Gasteiger partial charge in [-0.2, -0.15) is 0 Å². The maximum Gasteiger partial charge on any atom is 0.0337 e. The monoisotopic (exact) mass is 252 g/mol. The standard InChI is InChI=1S/C16H32N2/c1-13(2)14-5-9-18(10-6-14)16(12-17)8-7-15(3,4)11-16/h13-14H,5-12,17H2,1-4H3. The van der Waals surface area contributed by atoms with Crippen molar-refractivity contribution in [2.24, 2.45) is 23.0 Å². The third kappa shape index (κ3) is 2.75. The summed E-state index contributed by atoms with van der Waals surface area (Å²) in [5, 5.41) is 0. The van der Waals surface area contributed by atoms with Gasteiger partial charge in [0.05, 0.1) is 0 Å². The molecule has 2 nitrogen and oxygen atoms in total. The van der Waals surface area contributed by atoms with Gasteiger partial charge in [0.1, 0.15) is 0 Å². The van der Waals surface area contributed by atoms with Crippen molar-refractivity contribution in [2.45, 2.75) is 65.3 Å². The lowest BCUT2D eigenvalue weighted by Gasteiger charge is -2.46. The van der Waals surface area contributed by atoms with Gasteiger partial charge in [-0.25, -0.2) is 0 Å².